The molecule has 2 amide bonds. The Bertz CT molecular complexity index is 1080. The number of rotatable bonds is 12. The normalized spacial score (nSPS) is 29.8. The summed E-state index contributed by atoms with van der Waals surface area (Å²) in [5.41, 5.74) is -1.59. The summed E-state index contributed by atoms with van der Waals surface area (Å²) in [6.45, 7) is 9.73. The number of halogens is 1. The number of carbonyl (C=O) groups excluding carboxylic acids is 3. The number of anilines is 1. The summed E-state index contributed by atoms with van der Waals surface area (Å²) in [4.78, 5) is 44.6. The Balaban J connectivity index is 1.73. The van der Waals surface area contributed by atoms with Gasteiger partial charge in [-0.15, -0.1) is 13.2 Å². The number of amides is 2. The van der Waals surface area contributed by atoms with Gasteiger partial charge < -0.3 is 24.4 Å². The highest BCUT2D eigenvalue weighted by molar-refractivity contribution is 6.34. The predicted octanol–water partition coefficient (Wildman–Crippen LogP) is 3.52. The van der Waals surface area contributed by atoms with Gasteiger partial charge in [0.25, 0.3) is 5.91 Å². The van der Waals surface area contributed by atoms with Crippen molar-refractivity contribution in [3.8, 4) is 0 Å². The number of aliphatic hydroxyl groups is 1. The van der Waals surface area contributed by atoms with E-state index in [1.807, 2.05) is 6.92 Å². The number of para-hydroxylation sites is 1. The molecular formula is C28H35ClN2O6. The molecule has 5 atom stereocenters. The lowest BCUT2D eigenvalue weighted by molar-refractivity contribution is -0.159. The molecule has 1 spiro atoms. The average Bonchev–Trinajstić information content (AvgIpc) is 3.44. The van der Waals surface area contributed by atoms with E-state index in [1.54, 1.807) is 36.4 Å². The van der Waals surface area contributed by atoms with E-state index in [0.717, 1.165) is 0 Å². The van der Waals surface area contributed by atoms with Gasteiger partial charge in [-0.05, 0) is 51.2 Å². The fourth-order valence-corrected chi connectivity index (χ4v) is 6.53. The standard InChI is InChI=1S/C28H35ClN2O6/c1-4-6-9-18-36-26(35)22-21-24(33)31(16-10-17-32)23(28(21)14-13-27(22,3)37-28)25(34)30(15-5-2)20-12-8-7-11-19(20)29/h4-5,7-8,11-12,21-23,32H,1-2,6,9-10,13-18H2,3H3/t21-,22-,23?,27+,28?/m0/s1. The van der Waals surface area contributed by atoms with Gasteiger partial charge in [0.2, 0.25) is 5.91 Å². The number of hydrogen-bond donors (Lipinski definition) is 1. The van der Waals surface area contributed by atoms with Crippen LogP contribution >= 0.6 is 11.6 Å². The highest BCUT2D eigenvalue weighted by atomic mass is 35.5. The van der Waals surface area contributed by atoms with Crippen molar-refractivity contribution in [2.45, 2.75) is 56.3 Å². The molecule has 9 heteroatoms. The summed E-state index contributed by atoms with van der Waals surface area (Å²) in [6.07, 6.45) is 5.98. The first kappa shape index (κ1) is 27.4. The lowest BCUT2D eigenvalue weighted by Crippen LogP contribution is -2.56. The van der Waals surface area contributed by atoms with Crippen LogP contribution in [0.2, 0.25) is 5.02 Å². The Labute approximate surface area is 222 Å². The summed E-state index contributed by atoms with van der Waals surface area (Å²) in [6, 6.07) is 6.02. The van der Waals surface area contributed by atoms with Gasteiger partial charge in [-0.3, -0.25) is 14.4 Å². The largest absolute Gasteiger partial charge is 0.465 e. The van der Waals surface area contributed by atoms with Gasteiger partial charge in [-0.1, -0.05) is 35.9 Å². The first-order chi connectivity index (χ1) is 17.8. The van der Waals surface area contributed by atoms with Crippen LogP contribution in [0.3, 0.4) is 0 Å². The number of carbonyl (C=O) groups is 3. The molecule has 3 aliphatic rings. The van der Waals surface area contributed by atoms with Gasteiger partial charge in [0, 0.05) is 19.7 Å². The monoisotopic (exact) mass is 530 g/mol. The van der Waals surface area contributed by atoms with Crippen molar-refractivity contribution >= 4 is 35.1 Å². The van der Waals surface area contributed by atoms with Crippen LogP contribution in [0.4, 0.5) is 5.69 Å². The number of hydrogen-bond acceptors (Lipinski definition) is 6. The number of allylic oxidation sites excluding steroid dienone is 1. The fourth-order valence-electron chi connectivity index (χ4n) is 6.29. The Morgan fingerprint density at radius 1 is 1.27 bits per heavy atom. The molecule has 3 fully saturated rings. The zero-order valence-electron chi connectivity index (χ0n) is 21.2. The molecule has 0 radical (unpaired) electrons. The second-order valence-electron chi connectivity index (χ2n) is 10.1. The molecule has 2 bridgehead atoms. The van der Waals surface area contributed by atoms with Crippen molar-refractivity contribution in [3.63, 3.8) is 0 Å². The van der Waals surface area contributed by atoms with Gasteiger partial charge in [-0.25, -0.2) is 0 Å². The number of fused-ring (bicyclic) bond motifs is 1. The van der Waals surface area contributed by atoms with Gasteiger partial charge in [0.05, 0.1) is 28.8 Å². The highest BCUT2D eigenvalue weighted by Gasteiger charge is 2.78. The summed E-state index contributed by atoms with van der Waals surface area (Å²) in [5.74, 6) is -2.81. The minimum atomic E-state index is -1.18. The minimum absolute atomic E-state index is 0.142. The summed E-state index contributed by atoms with van der Waals surface area (Å²) in [7, 11) is 0. The third-order valence-electron chi connectivity index (χ3n) is 7.84. The molecule has 0 aromatic heterocycles. The van der Waals surface area contributed by atoms with E-state index in [2.05, 4.69) is 13.2 Å². The molecule has 3 heterocycles. The van der Waals surface area contributed by atoms with E-state index < -0.39 is 35.0 Å². The molecule has 0 aliphatic carbocycles. The maximum atomic E-state index is 14.3. The molecular weight excluding hydrogens is 496 g/mol. The second-order valence-corrected chi connectivity index (χ2v) is 10.5. The quantitative estimate of drug-likeness (QED) is 0.252. The number of likely N-dealkylation sites (tertiary alicyclic amines) is 1. The molecule has 1 aromatic carbocycles. The van der Waals surface area contributed by atoms with Crippen LogP contribution in [0.5, 0.6) is 0 Å². The number of nitrogens with zero attached hydrogens (tertiary/aromatic N) is 2. The van der Waals surface area contributed by atoms with Crippen LogP contribution in [-0.4, -0.2) is 71.3 Å². The van der Waals surface area contributed by atoms with Gasteiger partial charge in [0.15, 0.2) is 0 Å². The molecule has 8 nitrogen and oxygen atoms in total. The van der Waals surface area contributed by atoms with E-state index in [9.17, 15) is 19.5 Å². The molecule has 1 N–H and O–H groups in total. The fraction of sp³-hybridized carbons (Fsp3) is 0.536. The Hall–Kier alpha value is -2.68. The van der Waals surface area contributed by atoms with E-state index in [1.165, 1.54) is 9.80 Å². The minimum Gasteiger partial charge on any atom is -0.465 e. The van der Waals surface area contributed by atoms with Crippen molar-refractivity contribution in [1.29, 1.82) is 0 Å². The smallest absolute Gasteiger partial charge is 0.312 e. The molecule has 3 aliphatic heterocycles. The van der Waals surface area contributed by atoms with Crippen molar-refractivity contribution < 1.29 is 29.0 Å². The van der Waals surface area contributed by atoms with Gasteiger partial charge in [-0.2, -0.15) is 0 Å². The van der Waals surface area contributed by atoms with E-state index in [0.29, 0.717) is 42.8 Å². The number of esters is 1. The molecule has 1 aromatic rings. The highest BCUT2D eigenvalue weighted by Crippen LogP contribution is 2.63. The zero-order chi connectivity index (χ0) is 26.8. The molecule has 4 rings (SSSR count). The molecule has 200 valence electrons. The third-order valence-corrected chi connectivity index (χ3v) is 8.16. The maximum absolute atomic E-state index is 14.3. The predicted molar refractivity (Wildman–Crippen MR) is 140 cm³/mol. The Morgan fingerprint density at radius 3 is 2.70 bits per heavy atom. The van der Waals surface area contributed by atoms with Crippen LogP contribution in [0.15, 0.2) is 49.6 Å². The molecule has 2 unspecified atom stereocenters. The topological polar surface area (TPSA) is 96.4 Å². The van der Waals surface area contributed by atoms with Crippen LogP contribution in [0, 0.1) is 11.8 Å². The van der Waals surface area contributed by atoms with Gasteiger partial charge in [0.1, 0.15) is 17.6 Å². The van der Waals surface area contributed by atoms with Crippen molar-refractivity contribution in [2.75, 3.05) is 31.2 Å². The molecule has 3 saturated heterocycles. The summed E-state index contributed by atoms with van der Waals surface area (Å²) in [5, 5.41) is 9.92. The lowest BCUT2D eigenvalue weighted by atomic mass is 9.66. The maximum Gasteiger partial charge on any atom is 0.312 e. The summed E-state index contributed by atoms with van der Waals surface area (Å²) >= 11 is 6.46. The Kier molecular flexibility index (Phi) is 8.11. The van der Waals surface area contributed by atoms with E-state index >= 15 is 0 Å². The molecule has 37 heavy (non-hydrogen) atoms. The first-order valence-electron chi connectivity index (χ1n) is 12.8. The van der Waals surface area contributed by atoms with Gasteiger partial charge >= 0.3 is 5.97 Å². The van der Waals surface area contributed by atoms with Crippen LogP contribution in [-0.2, 0) is 23.9 Å². The summed E-state index contributed by atoms with van der Waals surface area (Å²) < 4.78 is 12.2. The number of aliphatic hydroxyl groups excluding tert-OH is 1. The first-order valence-corrected chi connectivity index (χ1v) is 13.2. The Morgan fingerprint density at radius 2 is 2.03 bits per heavy atom. The van der Waals surface area contributed by atoms with E-state index in [4.69, 9.17) is 21.1 Å². The lowest BCUT2D eigenvalue weighted by Gasteiger charge is -2.37. The third kappa shape index (κ3) is 4.60. The number of unbranched alkanes of at least 4 members (excludes halogenated alkanes) is 1. The van der Waals surface area contributed by atoms with Crippen molar-refractivity contribution in [1.82, 2.24) is 4.90 Å². The second kappa shape index (κ2) is 11.0. The van der Waals surface area contributed by atoms with Crippen molar-refractivity contribution in [2.24, 2.45) is 11.8 Å². The SMILES string of the molecule is C=CCCCOC(=O)[C@@H]1[C@H]2C(=O)N(CCCO)C(C(=O)N(CC=C)c3ccccc3Cl)C23CC[C@@]1(C)O3. The average molecular weight is 531 g/mol. The van der Waals surface area contributed by atoms with E-state index in [-0.39, 0.29) is 38.1 Å². The van der Waals surface area contributed by atoms with Crippen LogP contribution in [0.1, 0.15) is 39.0 Å². The number of benzene rings is 1. The van der Waals surface area contributed by atoms with Crippen LogP contribution in [0.25, 0.3) is 0 Å². The van der Waals surface area contributed by atoms with Crippen molar-refractivity contribution in [3.05, 3.63) is 54.6 Å². The number of ether oxygens (including phenoxy) is 2. The zero-order valence-corrected chi connectivity index (χ0v) is 22.0. The molecule has 0 saturated carbocycles. The van der Waals surface area contributed by atoms with Crippen LogP contribution < -0.4 is 4.90 Å².